The first-order chi connectivity index (χ1) is 0. The molecule has 0 spiro atoms. The molecule has 0 heterocycles. The zero-order valence-corrected chi connectivity index (χ0v) is 7.96. The molecule has 0 aromatic carbocycles. The molecule has 0 aliphatic rings. The summed E-state index contributed by atoms with van der Waals surface area (Å²) in [5.41, 5.74) is 0. The first-order valence-electron chi connectivity index (χ1n) is 0. The summed E-state index contributed by atoms with van der Waals surface area (Å²) in [6.07, 6.45) is 0. The van der Waals surface area contributed by atoms with Crippen LogP contribution in [0.2, 0.25) is 0 Å². The standard InChI is InChI=1S/Cu.Ni.Sn.Ti. The monoisotopic (exact) mass is 289 g/mol. The van der Waals surface area contributed by atoms with Gasteiger partial charge in [0.1, 0.15) is 0 Å². The number of hydrogen-bond donors (Lipinski definition) is 0. The predicted octanol–water partition coefficient (Wildman–Crippen LogP) is -0.388. The second kappa shape index (κ2) is 17.7. The Balaban J connectivity index is 0. The molecule has 0 aliphatic heterocycles. The maximum Gasteiger partial charge on any atom is 0 e. The Morgan fingerprint density at radius 3 is 1.00 bits per heavy atom. The van der Waals surface area contributed by atoms with Crippen molar-refractivity contribution in [2.75, 3.05) is 0 Å². The van der Waals surface area contributed by atoms with Gasteiger partial charge in [0.15, 0.2) is 0 Å². The molecule has 5 radical (unpaired) electrons. The summed E-state index contributed by atoms with van der Waals surface area (Å²) in [7, 11) is 0. The molecule has 0 unspecified atom stereocenters. The Morgan fingerprint density at radius 1 is 1.00 bits per heavy atom. The Morgan fingerprint density at radius 2 is 1.00 bits per heavy atom. The largest absolute Gasteiger partial charge is 0 e. The van der Waals surface area contributed by atoms with Crippen LogP contribution in [0.25, 0.3) is 0 Å². The van der Waals surface area contributed by atoms with Crippen molar-refractivity contribution in [3.63, 3.8) is 0 Å². The Bertz CT molecular complexity index is 8.00. The summed E-state index contributed by atoms with van der Waals surface area (Å²) in [5, 5.41) is 0. The van der Waals surface area contributed by atoms with Gasteiger partial charge in [-0.15, -0.1) is 0 Å². The SMILES string of the molecule is [Cu].[Ni].[Sn].[Ti]. The fourth-order valence-electron chi connectivity index (χ4n) is 0. The van der Waals surface area contributed by atoms with Crippen LogP contribution in [-0.4, -0.2) is 23.9 Å². The van der Waals surface area contributed by atoms with E-state index in [0.717, 1.165) is 0 Å². The molecule has 4 heteroatoms. The number of rotatable bonds is 0. The van der Waals surface area contributed by atoms with Crippen LogP contribution < -0.4 is 0 Å². The summed E-state index contributed by atoms with van der Waals surface area (Å²) in [6.45, 7) is 0. The van der Waals surface area contributed by atoms with Gasteiger partial charge >= 0.3 is 0 Å². The molecule has 0 nitrogen and oxygen atoms in total. The van der Waals surface area contributed by atoms with Gasteiger partial charge in [0.2, 0.25) is 0 Å². The molecule has 29 valence electrons. The Kier molecular flexibility index (Phi) is 139. The molecule has 0 saturated heterocycles. The molecule has 0 amide bonds. The molecule has 0 rings (SSSR count). The van der Waals surface area contributed by atoms with E-state index >= 15 is 0 Å². The van der Waals surface area contributed by atoms with Gasteiger partial charge in [0.05, 0.1) is 0 Å². The molecule has 4 heavy (non-hydrogen) atoms. The van der Waals surface area contributed by atoms with E-state index in [-0.39, 0.29) is 79.2 Å². The maximum atomic E-state index is 0. The normalized spacial score (nSPS) is 0. The summed E-state index contributed by atoms with van der Waals surface area (Å²) in [6, 6.07) is 0. The van der Waals surface area contributed by atoms with Crippen molar-refractivity contribution >= 4 is 23.9 Å². The second-order valence-corrected chi connectivity index (χ2v) is 0. The zero-order valence-electron chi connectivity index (χ0n) is 1.62. The fraction of sp³-hybridized carbons (Fsp3) is 0. The van der Waals surface area contributed by atoms with Gasteiger partial charge in [-0.05, 0) is 0 Å². The summed E-state index contributed by atoms with van der Waals surface area (Å²) >= 11 is 0. The molecule has 0 aromatic heterocycles. The van der Waals surface area contributed by atoms with E-state index < -0.39 is 0 Å². The predicted molar refractivity (Wildman–Crippen MR) is 5.75 cm³/mol. The van der Waals surface area contributed by atoms with E-state index in [1.807, 2.05) is 0 Å². The molecule has 0 atom stereocenters. The van der Waals surface area contributed by atoms with E-state index in [0.29, 0.717) is 0 Å². The average Bonchev–Trinajstić information content (AvgIpc) is 0. The van der Waals surface area contributed by atoms with Crippen LogP contribution in [0.1, 0.15) is 0 Å². The van der Waals surface area contributed by atoms with Gasteiger partial charge in [0.25, 0.3) is 0 Å². The minimum Gasteiger partial charge on any atom is 0 e. The van der Waals surface area contributed by atoms with Gasteiger partial charge in [0, 0.05) is 79.2 Å². The number of hydrogen-bond acceptors (Lipinski definition) is 0. The fourth-order valence-corrected chi connectivity index (χ4v) is 0. The second-order valence-electron chi connectivity index (χ2n) is 0. The summed E-state index contributed by atoms with van der Waals surface area (Å²) in [5.74, 6) is 0. The molecule has 0 bridgehead atoms. The summed E-state index contributed by atoms with van der Waals surface area (Å²) < 4.78 is 0. The third-order valence-electron chi connectivity index (χ3n) is 0. The van der Waals surface area contributed by atoms with Crippen molar-refractivity contribution in [3.05, 3.63) is 0 Å². The zero-order chi connectivity index (χ0) is 0. The van der Waals surface area contributed by atoms with Crippen LogP contribution in [0.5, 0.6) is 0 Å². The van der Waals surface area contributed by atoms with Crippen LogP contribution >= 0.6 is 0 Å². The van der Waals surface area contributed by atoms with E-state index in [9.17, 15) is 0 Å². The van der Waals surface area contributed by atoms with E-state index in [1.54, 1.807) is 0 Å². The Labute approximate surface area is 78.1 Å². The van der Waals surface area contributed by atoms with Crippen molar-refractivity contribution in [2.45, 2.75) is 0 Å². The van der Waals surface area contributed by atoms with Crippen molar-refractivity contribution < 1.29 is 55.3 Å². The van der Waals surface area contributed by atoms with E-state index in [2.05, 4.69) is 0 Å². The van der Waals surface area contributed by atoms with Crippen molar-refractivity contribution in [1.29, 1.82) is 0 Å². The first kappa shape index (κ1) is 31.2. The molecule has 0 aromatic rings. The van der Waals surface area contributed by atoms with E-state index in [4.69, 9.17) is 0 Å². The van der Waals surface area contributed by atoms with Gasteiger partial charge < -0.3 is 0 Å². The quantitative estimate of drug-likeness (QED) is 0.533. The van der Waals surface area contributed by atoms with Crippen LogP contribution in [0, 0.1) is 0 Å². The van der Waals surface area contributed by atoms with E-state index in [1.165, 1.54) is 0 Å². The summed E-state index contributed by atoms with van der Waals surface area (Å²) in [4.78, 5) is 0. The molecular formula is CuNiSnTi. The van der Waals surface area contributed by atoms with Crippen LogP contribution in [-0.2, 0) is 55.3 Å². The molecular weight excluding hydrogens is 289 g/mol. The van der Waals surface area contributed by atoms with Crippen LogP contribution in [0.3, 0.4) is 0 Å². The van der Waals surface area contributed by atoms with Gasteiger partial charge in [-0.1, -0.05) is 0 Å². The maximum absolute atomic E-state index is 0. The van der Waals surface area contributed by atoms with Crippen molar-refractivity contribution in [1.82, 2.24) is 0 Å². The van der Waals surface area contributed by atoms with Gasteiger partial charge in [-0.3, -0.25) is 0 Å². The minimum atomic E-state index is 0. The smallest absolute Gasteiger partial charge is 0 e. The van der Waals surface area contributed by atoms with Gasteiger partial charge in [-0.2, -0.15) is 0 Å². The minimum absolute atomic E-state index is 0. The van der Waals surface area contributed by atoms with Crippen molar-refractivity contribution in [2.24, 2.45) is 0 Å². The van der Waals surface area contributed by atoms with Crippen molar-refractivity contribution in [3.8, 4) is 0 Å². The van der Waals surface area contributed by atoms with Crippen LogP contribution in [0.15, 0.2) is 0 Å². The van der Waals surface area contributed by atoms with Gasteiger partial charge in [-0.25, -0.2) is 0 Å². The first-order valence-corrected chi connectivity index (χ1v) is 0. The average molecular weight is 289 g/mol. The third kappa shape index (κ3) is 8.82. The molecule has 0 saturated carbocycles. The topological polar surface area (TPSA) is 0 Å². The Hall–Kier alpha value is 2.53. The molecule has 0 aliphatic carbocycles. The van der Waals surface area contributed by atoms with Crippen LogP contribution in [0.4, 0.5) is 0 Å². The third-order valence-corrected chi connectivity index (χ3v) is 0. The molecule has 0 fully saturated rings. The molecule has 0 N–H and O–H groups in total.